The van der Waals surface area contributed by atoms with Crippen LogP contribution in [0.1, 0.15) is 33.6 Å². The zero-order valence-corrected chi connectivity index (χ0v) is 14.4. The number of hydrogen-bond donors (Lipinski definition) is 2. The number of benzene rings is 1. The fourth-order valence-corrected chi connectivity index (χ4v) is 3.33. The molecule has 0 fully saturated rings. The van der Waals surface area contributed by atoms with Crippen molar-refractivity contribution in [1.29, 1.82) is 0 Å². The molecule has 5 heteroatoms. The quantitative estimate of drug-likeness (QED) is 0.714. The Labute approximate surface area is 136 Å². The van der Waals surface area contributed by atoms with E-state index >= 15 is 0 Å². The minimum Gasteiger partial charge on any atom is -0.388 e. The Hall–Kier alpha value is -0.710. The summed E-state index contributed by atoms with van der Waals surface area (Å²) in [6.45, 7) is 6.15. The molecule has 0 radical (unpaired) electrons. The number of hydrogen-bond acceptors (Lipinski definition) is 3. The lowest BCUT2D eigenvalue weighted by atomic mass is 9.94. The SMILES string of the molecule is CC(C)CC(C)(O)CNC(=O)CCSc1ccccc1Cl. The smallest absolute Gasteiger partial charge is 0.220 e. The summed E-state index contributed by atoms with van der Waals surface area (Å²) in [6, 6.07) is 7.60. The van der Waals surface area contributed by atoms with Gasteiger partial charge in [0, 0.05) is 23.6 Å². The molecule has 0 spiro atoms. The molecule has 1 atom stereocenters. The summed E-state index contributed by atoms with van der Waals surface area (Å²) >= 11 is 7.62. The van der Waals surface area contributed by atoms with Crippen molar-refractivity contribution in [3.63, 3.8) is 0 Å². The molecule has 21 heavy (non-hydrogen) atoms. The summed E-state index contributed by atoms with van der Waals surface area (Å²) in [5, 5.41) is 13.6. The standard InChI is InChI=1S/C16H24ClNO2S/c1-12(2)10-16(3,20)11-18-15(19)8-9-21-14-7-5-4-6-13(14)17/h4-7,12,20H,8-11H2,1-3H3,(H,18,19). The third kappa shape index (κ3) is 7.74. The topological polar surface area (TPSA) is 49.3 Å². The van der Waals surface area contributed by atoms with Crippen molar-refractivity contribution in [1.82, 2.24) is 5.32 Å². The molecule has 118 valence electrons. The number of carbonyl (C=O) groups excluding carboxylic acids is 1. The molecule has 0 heterocycles. The molecule has 1 aromatic rings. The van der Waals surface area contributed by atoms with Crippen LogP contribution < -0.4 is 5.32 Å². The first-order chi connectivity index (χ1) is 9.80. The van der Waals surface area contributed by atoms with Crippen molar-refractivity contribution < 1.29 is 9.90 Å². The lowest BCUT2D eigenvalue weighted by Gasteiger charge is -2.25. The first kappa shape index (κ1) is 18.3. The molecule has 0 aliphatic rings. The zero-order valence-electron chi connectivity index (χ0n) is 12.9. The number of nitrogens with one attached hydrogen (secondary N) is 1. The van der Waals surface area contributed by atoms with Crippen molar-refractivity contribution in [2.75, 3.05) is 12.3 Å². The average Bonchev–Trinajstić information content (AvgIpc) is 2.37. The first-order valence-corrected chi connectivity index (χ1v) is 8.53. The van der Waals surface area contributed by atoms with Gasteiger partial charge >= 0.3 is 0 Å². The maximum atomic E-state index is 11.8. The summed E-state index contributed by atoms with van der Waals surface area (Å²) < 4.78 is 0. The monoisotopic (exact) mass is 329 g/mol. The van der Waals surface area contributed by atoms with Crippen LogP contribution >= 0.6 is 23.4 Å². The van der Waals surface area contributed by atoms with Gasteiger partial charge in [0.2, 0.25) is 5.91 Å². The Balaban J connectivity index is 2.27. The fourth-order valence-electron chi connectivity index (χ4n) is 2.14. The Kier molecular flexibility index (Phi) is 7.57. The number of halogens is 1. The molecule has 3 nitrogen and oxygen atoms in total. The average molecular weight is 330 g/mol. The van der Waals surface area contributed by atoms with E-state index in [1.165, 1.54) is 0 Å². The van der Waals surface area contributed by atoms with E-state index in [9.17, 15) is 9.90 Å². The van der Waals surface area contributed by atoms with Crippen molar-refractivity contribution in [3.8, 4) is 0 Å². The number of aliphatic hydroxyl groups is 1. The zero-order chi connectivity index (χ0) is 15.9. The van der Waals surface area contributed by atoms with E-state index in [2.05, 4.69) is 19.2 Å². The van der Waals surface area contributed by atoms with E-state index in [4.69, 9.17) is 11.6 Å². The predicted molar refractivity (Wildman–Crippen MR) is 89.9 cm³/mol. The van der Waals surface area contributed by atoms with E-state index < -0.39 is 5.60 Å². The minimum atomic E-state index is -0.848. The normalized spacial score (nSPS) is 14.0. The number of thioether (sulfide) groups is 1. The third-order valence-electron chi connectivity index (χ3n) is 2.94. The highest BCUT2D eigenvalue weighted by Gasteiger charge is 2.22. The van der Waals surface area contributed by atoms with E-state index in [1.54, 1.807) is 18.7 Å². The second-order valence-electron chi connectivity index (χ2n) is 5.90. The van der Waals surface area contributed by atoms with Gasteiger partial charge in [-0.2, -0.15) is 0 Å². The van der Waals surface area contributed by atoms with Gasteiger partial charge < -0.3 is 10.4 Å². The van der Waals surface area contributed by atoms with Gasteiger partial charge in [0.25, 0.3) is 0 Å². The van der Waals surface area contributed by atoms with Gasteiger partial charge in [-0.15, -0.1) is 11.8 Å². The Bertz CT molecular complexity index is 463. The van der Waals surface area contributed by atoms with Crippen LogP contribution in [0.25, 0.3) is 0 Å². The molecule has 0 saturated carbocycles. The fraction of sp³-hybridized carbons (Fsp3) is 0.562. The summed E-state index contributed by atoms with van der Waals surface area (Å²) in [5.41, 5.74) is -0.848. The van der Waals surface area contributed by atoms with Crippen molar-refractivity contribution in [2.45, 2.75) is 44.1 Å². The van der Waals surface area contributed by atoms with Gasteiger partial charge in [-0.25, -0.2) is 0 Å². The van der Waals surface area contributed by atoms with Crippen LogP contribution in [-0.2, 0) is 4.79 Å². The van der Waals surface area contributed by atoms with Gasteiger partial charge in [0.1, 0.15) is 0 Å². The van der Waals surface area contributed by atoms with E-state index in [0.29, 0.717) is 36.1 Å². The van der Waals surface area contributed by atoms with Crippen LogP contribution in [0, 0.1) is 5.92 Å². The second-order valence-corrected chi connectivity index (χ2v) is 7.44. The number of amides is 1. The molecule has 1 rings (SSSR count). The molecule has 1 aromatic carbocycles. The van der Waals surface area contributed by atoms with E-state index in [0.717, 1.165) is 4.90 Å². The predicted octanol–water partition coefficient (Wildman–Crippen LogP) is 3.74. The van der Waals surface area contributed by atoms with Crippen LogP contribution in [0.2, 0.25) is 5.02 Å². The van der Waals surface area contributed by atoms with Gasteiger partial charge in [-0.3, -0.25) is 4.79 Å². The highest BCUT2D eigenvalue weighted by atomic mass is 35.5. The highest BCUT2D eigenvalue weighted by Crippen LogP contribution is 2.26. The summed E-state index contributed by atoms with van der Waals surface area (Å²) in [4.78, 5) is 12.8. The van der Waals surface area contributed by atoms with Crippen LogP contribution in [0.5, 0.6) is 0 Å². The molecule has 0 aromatic heterocycles. The van der Waals surface area contributed by atoms with E-state index in [1.807, 2.05) is 24.3 Å². The lowest BCUT2D eigenvalue weighted by molar-refractivity contribution is -0.121. The molecule has 0 aliphatic carbocycles. The van der Waals surface area contributed by atoms with Crippen LogP contribution in [0.3, 0.4) is 0 Å². The molecule has 1 unspecified atom stereocenters. The molecule has 0 saturated heterocycles. The van der Waals surface area contributed by atoms with Gasteiger partial charge in [-0.1, -0.05) is 37.6 Å². The van der Waals surface area contributed by atoms with E-state index in [-0.39, 0.29) is 5.91 Å². The molecule has 1 amide bonds. The Morgan fingerprint density at radius 3 is 2.71 bits per heavy atom. The van der Waals surface area contributed by atoms with Crippen LogP contribution in [0.15, 0.2) is 29.2 Å². The Morgan fingerprint density at radius 1 is 1.43 bits per heavy atom. The summed E-state index contributed by atoms with van der Waals surface area (Å²) in [7, 11) is 0. The lowest BCUT2D eigenvalue weighted by Crippen LogP contribution is -2.41. The van der Waals surface area contributed by atoms with Gasteiger partial charge in [0.05, 0.1) is 10.6 Å². The Morgan fingerprint density at radius 2 is 2.10 bits per heavy atom. The van der Waals surface area contributed by atoms with Crippen molar-refractivity contribution in [3.05, 3.63) is 29.3 Å². The largest absolute Gasteiger partial charge is 0.388 e. The van der Waals surface area contributed by atoms with Gasteiger partial charge in [0.15, 0.2) is 0 Å². The number of rotatable bonds is 8. The first-order valence-electron chi connectivity index (χ1n) is 7.16. The number of carbonyl (C=O) groups is 1. The summed E-state index contributed by atoms with van der Waals surface area (Å²) in [6.07, 6.45) is 1.08. The van der Waals surface area contributed by atoms with Crippen LogP contribution in [-0.4, -0.2) is 28.9 Å². The maximum Gasteiger partial charge on any atom is 0.220 e. The highest BCUT2D eigenvalue weighted by molar-refractivity contribution is 7.99. The molecular weight excluding hydrogens is 306 g/mol. The molecular formula is C16H24ClNO2S. The second kappa shape index (κ2) is 8.66. The summed E-state index contributed by atoms with van der Waals surface area (Å²) in [5.74, 6) is 1.02. The van der Waals surface area contributed by atoms with Crippen molar-refractivity contribution in [2.24, 2.45) is 5.92 Å². The molecule has 2 N–H and O–H groups in total. The van der Waals surface area contributed by atoms with Crippen LogP contribution in [0.4, 0.5) is 0 Å². The molecule has 0 bridgehead atoms. The van der Waals surface area contributed by atoms with Gasteiger partial charge in [-0.05, 0) is 31.4 Å². The minimum absolute atomic E-state index is 0.0430. The van der Waals surface area contributed by atoms with Crippen molar-refractivity contribution >= 4 is 29.3 Å². The third-order valence-corrected chi connectivity index (χ3v) is 4.45. The molecule has 0 aliphatic heterocycles. The maximum absolute atomic E-state index is 11.8.